The number of nitrogen functional groups attached to an aromatic ring is 1. The number of pyridine rings is 1. The molecule has 0 atom stereocenters. The number of rotatable bonds is 2. The van der Waals surface area contributed by atoms with Crippen molar-refractivity contribution in [2.24, 2.45) is 0 Å². The van der Waals surface area contributed by atoms with Crippen molar-refractivity contribution in [3.05, 3.63) is 42.2 Å². The van der Waals surface area contributed by atoms with Crippen LogP contribution < -0.4 is 5.73 Å². The summed E-state index contributed by atoms with van der Waals surface area (Å²) < 4.78 is 1.03. The van der Waals surface area contributed by atoms with Gasteiger partial charge in [-0.15, -0.1) is 11.3 Å². The molecule has 2 aromatic heterocycles. The Balaban J connectivity index is 2.14. The van der Waals surface area contributed by atoms with E-state index in [0.717, 1.165) is 25.7 Å². The molecule has 0 spiro atoms. The smallest absolute Gasteiger partial charge is 0.154 e. The van der Waals surface area contributed by atoms with Crippen LogP contribution in [-0.2, 0) is 0 Å². The highest BCUT2D eigenvalue weighted by atomic mass is 32.2. The van der Waals surface area contributed by atoms with E-state index in [1.807, 2.05) is 36.0 Å². The zero-order valence-electron chi connectivity index (χ0n) is 8.83. The molecule has 0 unspecified atom stereocenters. The van der Waals surface area contributed by atoms with Crippen molar-refractivity contribution < 1.29 is 0 Å². The molecule has 3 rings (SSSR count). The first-order valence-corrected chi connectivity index (χ1v) is 6.74. The summed E-state index contributed by atoms with van der Waals surface area (Å²) in [5, 5.41) is 4.09. The van der Waals surface area contributed by atoms with Crippen molar-refractivity contribution >= 4 is 39.6 Å². The molecule has 0 aliphatic carbocycles. The third-order valence-corrected chi connectivity index (χ3v) is 4.38. The van der Waals surface area contributed by atoms with Gasteiger partial charge in [-0.05, 0) is 18.2 Å². The van der Waals surface area contributed by atoms with Crippen LogP contribution in [0.5, 0.6) is 0 Å². The van der Waals surface area contributed by atoms with Gasteiger partial charge in [0.05, 0.1) is 0 Å². The lowest BCUT2D eigenvalue weighted by Gasteiger charge is -2.06. The fourth-order valence-electron chi connectivity index (χ4n) is 1.63. The number of fused-ring (bicyclic) bond motifs is 1. The highest BCUT2D eigenvalue weighted by Gasteiger charge is 2.06. The summed E-state index contributed by atoms with van der Waals surface area (Å²) in [6.07, 6.45) is 5.42. The molecule has 2 heterocycles. The van der Waals surface area contributed by atoms with E-state index in [4.69, 9.17) is 5.73 Å². The van der Waals surface area contributed by atoms with E-state index in [0.29, 0.717) is 0 Å². The van der Waals surface area contributed by atoms with Crippen molar-refractivity contribution in [2.75, 3.05) is 5.73 Å². The molecule has 0 saturated carbocycles. The van der Waals surface area contributed by atoms with Gasteiger partial charge in [-0.2, -0.15) is 0 Å². The number of nitrogens with two attached hydrogens (primary N) is 1. The summed E-state index contributed by atoms with van der Waals surface area (Å²) in [7, 11) is 0. The van der Waals surface area contributed by atoms with Crippen molar-refractivity contribution in [3.8, 4) is 0 Å². The van der Waals surface area contributed by atoms with Gasteiger partial charge in [-0.1, -0.05) is 11.8 Å². The van der Waals surface area contributed by atoms with Crippen LogP contribution in [0.2, 0.25) is 0 Å². The molecule has 0 fully saturated rings. The average molecular weight is 259 g/mol. The quantitative estimate of drug-likeness (QED) is 0.716. The molecular weight excluding hydrogens is 250 g/mol. The first-order chi connectivity index (χ1) is 8.34. The standard InChI is InChI=1S/C12H9N3S2/c13-10-1-2-11(17-12-15-5-6-16-12)9-7-14-4-3-8(9)10/h1-7H,13H2. The van der Waals surface area contributed by atoms with Crippen LogP contribution in [0.15, 0.2) is 51.4 Å². The molecule has 0 radical (unpaired) electrons. The lowest BCUT2D eigenvalue weighted by Crippen LogP contribution is -1.88. The first kappa shape index (κ1) is 10.6. The molecule has 17 heavy (non-hydrogen) atoms. The Kier molecular flexibility index (Phi) is 2.70. The molecule has 0 aliphatic rings. The van der Waals surface area contributed by atoms with Gasteiger partial charge >= 0.3 is 0 Å². The second-order valence-corrected chi connectivity index (χ2v) is 5.66. The van der Waals surface area contributed by atoms with Crippen molar-refractivity contribution in [1.82, 2.24) is 9.97 Å². The number of anilines is 1. The average Bonchev–Trinajstić information content (AvgIpc) is 2.86. The van der Waals surface area contributed by atoms with Crippen LogP contribution in [0.1, 0.15) is 0 Å². The first-order valence-electron chi connectivity index (χ1n) is 5.04. The zero-order chi connectivity index (χ0) is 11.7. The largest absolute Gasteiger partial charge is 0.398 e. The van der Waals surface area contributed by atoms with E-state index in [1.165, 1.54) is 0 Å². The maximum atomic E-state index is 5.95. The van der Waals surface area contributed by atoms with Gasteiger partial charge < -0.3 is 5.73 Å². The van der Waals surface area contributed by atoms with Gasteiger partial charge in [-0.3, -0.25) is 4.98 Å². The van der Waals surface area contributed by atoms with E-state index < -0.39 is 0 Å². The normalized spacial score (nSPS) is 10.8. The number of hydrogen-bond acceptors (Lipinski definition) is 5. The minimum atomic E-state index is 0.783. The molecule has 0 bridgehead atoms. The van der Waals surface area contributed by atoms with E-state index in [2.05, 4.69) is 9.97 Å². The molecule has 0 aliphatic heterocycles. The monoisotopic (exact) mass is 259 g/mol. The maximum absolute atomic E-state index is 5.95. The summed E-state index contributed by atoms with van der Waals surface area (Å²) in [6, 6.07) is 5.89. The van der Waals surface area contributed by atoms with Gasteiger partial charge in [-0.25, -0.2) is 4.98 Å². The number of hydrogen-bond donors (Lipinski definition) is 1. The molecule has 3 aromatic rings. The Labute approximate surface area is 107 Å². The zero-order valence-corrected chi connectivity index (χ0v) is 10.5. The Morgan fingerprint density at radius 2 is 2.06 bits per heavy atom. The SMILES string of the molecule is Nc1ccc(Sc2nccs2)c2cnccc12. The topological polar surface area (TPSA) is 51.8 Å². The number of thiazole rings is 1. The van der Waals surface area contributed by atoms with Crippen LogP contribution in [0.4, 0.5) is 5.69 Å². The van der Waals surface area contributed by atoms with Crippen molar-refractivity contribution in [3.63, 3.8) is 0 Å². The Bertz CT molecular complexity index is 650. The molecule has 1 aromatic carbocycles. The van der Waals surface area contributed by atoms with Gasteiger partial charge in [0.15, 0.2) is 4.34 Å². The van der Waals surface area contributed by atoms with Gasteiger partial charge in [0, 0.05) is 45.3 Å². The van der Waals surface area contributed by atoms with E-state index in [-0.39, 0.29) is 0 Å². The number of nitrogens with zero attached hydrogens (tertiary/aromatic N) is 2. The second kappa shape index (κ2) is 4.35. The van der Waals surface area contributed by atoms with Crippen LogP contribution in [0.3, 0.4) is 0 Å². The number of benzene rings is 1. The lowest BCUT2D eigenvalue weighted by atomic mass is 10.1. The molecule has 3 nitrogen and oxygen atoms in total. The molecule has 2 N–H and O–H groups in total. The Morgan fingerprint density at radius 1 is 1.12 bits per heavy atom. The van der Waals surface area contributed by atoms with E-state index in [1.54, 1.807) is 29.3 Å². The van der Waals surface area contributed by atoms with Crippen molar-refractivity contribution in [2.45, 2.75) is 9.24 Å². The van der Waals surface area contributed by atoms with Gasteiger partial charge in [0.2, 0.25) is 0 Å². The van der Waals surface area contributed by atoms with E-state index >= 15 is 0 Å². The predicted octanol–water partition coefficient (Wildman–Crippen LogP) is 3.42. The Hall–Kier alpha value is -1.59. The second-order valence-electron chi connectivity index (χ2n) is 3.47. The fraction of sp³-hybridized carbons (Fsp3) is 0. The minimum Gasteiger partial charge on any atom is -0.398 e. The third-order valence-electron chi connectivity index (χ3n) is 2.42. The summed E-state index contributed by atoms with van der Waals surface area (Å²) in [5.74, 6) is 0. The summed E-state index contributed by atoms with van der Waals surface area (Å²) >= 11 is 3.28. The fourth-order valence-corrected chi connectivity index (χ4v) is 3.33. The van der Waals surface area contributed by atoms with Crippen LogP contribution in [-0.4, -0.2) is 9.97 Å². The molecule has 5 heteroatoms. The van der Waals surface area contributed by atoms with Gasteiger partial charge in [0.25, 0.3) is 0 Å². The maximum Gasteiger partial charge on any atom is 0.154 e. The number of aromatic nitrogens is 2. The lowest BCUT2D eigenvalue weighted by molar-refractivity contribution is 1.25. The third kappa shape index (κ3) is 1.99. The summed E-state index contributed by atoms with van der Waals surface area (Å²) in [5.41, 5.74) is 6.73. The molecule has 0 saturated heterocycles. The van der Waals surface area contributed by atoms with Gasteiger partial charge in [0.1, 0.15) is 0 Å². The highest BCUT2D eigenvalue weighted by molar-refractivity contribution is 8.01. The predicted molar refractivity (Wildman–Crippen MR) is 72.4 cm³/mol. The van der Waals surface area contributed by atoms with Crippen molar-refractivity contribution in [1.29, 1.82) is 0 Å². The minimum absolute atomic E-state index is 0.783. The molecular formula is C12H9N3S2. The molecule has 84 valence electrons. The molecule has 0 amide bonds. The summed E-state index contributed by atoms with van der Waals surface area (Å²) in [4.78, 5) is 9.56. The van der Waals surface area contributed by atoms with Crippen LogP contribution in [0.25, 0.3) is 10.8 Å². The van der Waals surface area contributed by atoms with Crippen LogP contribution >= 0.6 is 23.1 Å². The van der Waals surface area contributed by atoms with Crippen LogP contribution in [0, 0.1) is 0 Å². The summed E-state index contributed by atoms with van der Waals surface area (Å²) in [6.45, 7) is 0. The Morgan fingerprint density at radius 3 is 2.88 bits per heavy atom. The highest BCUT2D eigenvalue weighted by Crippen LogP contribution is 2.35. The van der Waals surface area contributed by atoms with E-state index in [9.17, 15) is 0 Å².